The van der Waals surface area contributed by atoms with Crippen LogP contribution in [0.3, 0.4) is 0 Å². The van der Waals surface area contributed by atoms with Crippen molar-refractivity contribution in [3.05, 3.63) is 46.7 Å². The second kappa shape index (κ2) is 8.29. The Morgan fingerprint density at radius 1 is 1.22 bits per heavy atom. The first-order valence-electron chi connectivity index (χ1n) is 9.25. The van der Waals surface area contributed by atoms with Gasteiger partial charge in [-0.15, -0.1) is 21.5 Å². The van der Waals surface area contributed by atoms with E-state index in [9.17, 15) is 4.79 Å². The first-order chi connectivity index (χ1) is 13.3. The Balaban J connectivity index is 1.54. The summed E-state index contributed by atoms with van der Waals surface area (Å²) in [7, 11) is 0. The third-order valence-electron chi connectivity index (χ3n) is 4.70. The van der Waals surface area contributed by atoms with Gasteiger partial charge in [-0.1, -0.05) is 48.6 Å². The van der Waals surface area contributed by atoms with E-state index in [-0.39, 0.29) is 5.91 Å². The van der Waals surface area contributed by atoms with E-state index in [1.54, 1.807) is 11.3 Å². The summed E-state index contributed by atoms with van der Waals surface area (Å²) in [5.41, 5.74) is 2.04. The summed E-state index contributed by atoms with van der Waals surface area (Å²) in [4.78, 5) is 15.9. The van der Waals surface area contributed by atoms with Crippen LogP contribution in [0, 0.1) is 0 Å². The first kappa shape index (κ1) is 18.3. The Morgan fingerprint density at radius 2 is 2.00 bits per heavy atom. The number of carbonyl (C=O) groups excluding carboxylic acids is 1. The molecule has 0 bridgehead atoms. The molecule has 3 aromatic rings. The molecule has 0 spiro atoms. The molecule has 0 radical (unpaired) electrons. The summed E-state index contributed by atoms with van der Waals surface area (Å²) in [6.07, 6.45) is 2.00. The number of rotatable bonds is 6. The number of amides is 1. The van der Waals surface area contributed by atoms with Gasteiger partial charge in [0.1, 0.15) is 10.0 Å². The van der Waals surface area contributed by atoms with Crippen molar-refractivity contribution in [2.45, 2.75) is 25.8 Å². The van der Waals surface area contributed by atoms with Gasteiger partial charge < -0.3 is 10.2 Å². The summed E-state index contributed by atoms with van der Waals surface area (Å²) in [5.74, 6) is 0.134. The van der Waals surface area contributed by atoms with Crippen LogP contribution in [0.25, 0.3) is 21.1 Å². The summed E-state index contributed by atoms with van der Waals surface area (Å²) in [5, 5.41) is 15.8. The summed E-state index contributed by atoms with van der Waals surface area (Å²) < 4.78 is 0. The molecular formula is C20H22N4OS2. The van der Waals surface area contributed by atoms with Gasteiger partial charge in [-0.2, -0.15) is 0 Å². The maximum atomic E-state index is 13.1. The summed E-state index contributed by atoms with van der Waals surface area (Å²) in [6.45, 7) is 4.80. The second-order valence-electron chi connectivity index (χ2n) is 6.62. The Kier molecular flexibility index (Phi) is 5.61. The van der Waals surface area contributed by atoms with Gasteiger partial charge in [-0.05, 0) is 25.5 Å². The number of nitrogens with zero attached hydrogens (tertiary/aromatic N) is 3. The van der Waals surface area contributed by atoms with Crippen LogP contribution >= 0.6 is 22.7 Å². The highest BCUT2D eigenvalue weighted by atomic mass is 32.1. The van der Waals surface area contributed by atoms with Crippen LogP contribution in [0.15, 0.2) is 41.8 Å². The number of hydrogen-bond acceptors (Lipinski definition) is 6. The highest BCUT2D eigenvalue weighted by Gasteiger charge is 2.27. The van der Waals surface area contributed by atoms with E-state index in [1.807, 2.05) is 46.7 Å². The molecule has 4 rings (SSSR count). The fraction of sp³-hybridized carbons (Fsp3) is 0.350. The van der Waals surface area contributed by atoms with E-state index in [1.165, 1.54) is 11.3 Å². The lowest BCUT2D eigenvalue weighted by Crippen LogP contribution is -2.41. The van der Waals surface area contributed by atoms with Gasteiger partial charge in [0.05, 0.1) is 4.88 Å². The molecule has 1 saturated heterocycles. The van der Waals surface area contributed by atoms with Crippen LogP contribution in [0.5, 0.6) is 0 Å². The smallest absolute Gasteiger partial charge is 0.264 e. The zero-order valence-corrected chi connectivity index (χ0v) is 16.9. The van der Waals surface area contributed by atoms with Crippen LogP contribution in [-0.2, 0) is 0 Å². The zero-order chi connectivity index (χ0) is 18.6. The molecule has 1 N–H and O–H groups in total. The fourth-order valence-corrected chi connectivity index (χ4v) is 5.09. The van der Waals surface area contributed by atoms with Gasteiger partial charge in [0.15, 0.2) is 0 Å². The molecule has 0 saturated carbocycles. The molecular weight excluding hydrogens is 376 g/mol. The number of aromatic nitrogens is 2. The van der Waals surface area contributed by atoms with Crippen molar-refractivity contribution in [2.24, 2.45) is 0 Å². The van der Waals surface area contributed by atoms with Gasteiger partial charge in [0.25, 0.3) is 5.91 Å². The highest BCUT2D eigenvalue weighted by Crippen LogP contribution is 2.33. The molecule has 3 heterocycles. The van der Waals surface area contributed by atoms with E-state index in [0.717, 1.165) is 58.5 Å². The fourth-order valence-electron chi connectivity index (χ4n) is 3.34. The highest BCUT2D eigenvalue weighted by molar-refractivity contribution is 7.18. The Labute approximate surface area is 167 Å². The first-order valence-corrected chi connectivity index (χ1v) is 11.0. The van der Waals surface area contributed by atoms with Gasteiger partial charge in [-0.3, -0.25) is 4.79 Å². The van der Waals surface area contributed by atoms with Crippen molar-refractivity contribution < 1.29 is 4.79 Å². The Bertz CT molecular complexity index is 900. The maximum absolute atomic E-state index is 13.1. The number of carbonyl (C=O) groups is 1. The maximum Gasteiger partial charge on any atom is 0.264 e. The Hall–Kier alpha value is -2.09. The van der Waals surface area contributed by atoms with Crippen molar-refractivity contribution in [2.75, 3.05) is 19.6 Å². The minimum Gasteiger partial charge on any atom is -0.334 e. The molecule has 5 nitrogen and oxygen atoms in total. The molecule has 140 valence electrons. The van der Waals surface area contributed by atoms with E-state index >= 15 is 0 Å². The van der Waals surface area contributed by atoms with Crippen LogP contribution in [-0.4, -0.2) is 46.7 Å². The van der Waals surface area contributed by atoms with Gasteiger partial charge in [0.2, 0.25) is 0 Å². The third kappa shape index (κ3) is 3.95. The van der Waals surface area contributed by atoms with Gasteiger partial charge in [0, 0.05) is 35.6 Å². The van der Waals surface area contributed by atoms with Crippen molar-refractivity contribution in [3.63, 3.8) is 0 Å². The van der Waals surface area contributed by atoms with Crippen LogP contribution in [0.1, 0.15) is 29.4 Å². The minimum absolute atomic E-state index is 0.134. The molecule has 1 amide bonds. The lowest BCUT2D eigenvalue weighted by molar-refractivity contribution is 0.0697. The van der Waals surface area contributed by atoms with Gasteiger partial charge in [-0.25, -0.2) is 0 Å². The standard InChI is InChI=1S/C20H22N4OS2/c1-2-10-24(16-8-9-21-12-16)20(25)17-11-15(13-26-17)19-23-22-18(27-19)14-6-4-3-5-7-14/h3-7,11,13,16,21H,2,8-10,12H2,1H3. The van der Waals surface area contributed by atoms with Crippen molar-refractivity contribution in [1.29, 1.82) is 0 Å². The second-order valence-corrected chi connectivity index (χ2v) is 8.51. The zero-order valence-electron chi connectivity index (χ0n) is 15.2. The topological polar surface area (TPSA) is 58.1 Å². The van der Waals surface area contributed by atoms with E-state index < -0.39 is 0 Å². The summed E-state index contributed by atoms with van der Waals surface area (Å²) >= 11 is 3.06. The largest absolute Gasteiger partial charge is 0.334 e. The predicted molar refractivity (Wildman–Crippen MR) is 111 cm³/mol. The van der Waals surface area contributed by atoms with E-state index in [2.05, 4.69) is 22.4 Å². The van der Waals surface area contributed by atoms with Gasteiger partial charge >= 0.3 is 0 Å². The van der Waals surface area contributed by atoms with Crippen molar-refractivity contribution >= 4 is 28.6 Å². The molecule has 1 unspecified atom stereocenters. The quantitative estimate of drug-likeness (QED) is 0.678. The molecule has 1 aliphatic rings. The number of thiophene rings is 1. The number of hydrogen-bond donors (Lipinski definition) is 1. The molecule has 1 fully saturated rings. The minimum atomic E-state index is 0.134. The van der Waals surface area contributed by atoms with Crippen LogP contribution in [0.4, 0.5) is 0 Å². The normalized spacial score (nSPS) is 16.6. The van der Waals surface area contributed by atoms with Crippen molar-refractivity contribution in [1.82, 2.24) is 20.4 Å². The van der Waals surface area contributed by atoms with Crippen LogP contribution < -0.4 is 5.32 Å². The summed E-state index contributed by atoms with van der Waals surface area (Å²) in [6, 6.07) is 12.3. The average molecular weight is 399 g/mol. The van der Waals surface area contributed by atoms with Crippen molar-refractivity contribution in [3.8, 4) is 21.1 Å². The number of nitrogens with one attached hydrogen (secondary N) is 1. The molecule has 1 aliphatic heterocycles. The molecule has 1 atom stereocenters. The lowest BCUT2D eigenvalue weighted by atomic mass is 10.2. The SMILES string of the molecule is CCCN(C(=O)c1cc(-c2nnc(-c3ccccc3)s2)cs1)C1CCNC1. The number of benzene rings is 1. The Morgan fingerprint density at radius 3 is 2.70 bits per heavy atom. The molecule has 1 aromatic carbocycles. The van der Waals surface area contributed by atoms with E-state index in [4.69, 9.17) is 0 Å². The molecule has 0 aliphatic carbocycles. The third-order valence-corrected chi connectivity index (χ3v) is 6.64. The lowest BCUT2D eigenvalue weighted by Gasteiger charge is -2.27. The average Bonchev–Trinajstić information content (AvgIpc) is 3.47. The van der Waals surface area contributed by atoms with E-state index in [0.29, 0.717) is 6.04 Å². The molecule has 7 heteroatoms. The predicted octanol–water partition coefficient (Wildman–Crippen LogP) is 4.15. The monoisotopic (exact) mass is 398 g/mol. The van der Waals surface area contributed by atoms with Crippen LogP contribution in [0.2, 0.25) is 0 Å². The molecule has 27 heavy (non-hydrogen) atoms. The molecule has 2 aromatic heterocycles.